The van der Waals surface area contributed by atoms with Crippen LogP contribution in [0.5, 0.6) is 5.75 Å². The van der Waals surface area contributed by atoms with Crippen molar-refractivity contribution in [1.82, 2.24) is 0 Å². The van der Waals surface area contributed by atoms with Gasteiger partial charge in [0.15, 0.2) is 6.29 Å². The zero-order chi connectivity index (χ0) is 12.3. The van der Waals surface area contributed by atoms with E-state index in [-0.39, 0.29) is 18.4 Å². The summed E-state index contributed by atoms with van der Waals surface area (Å²) in [6.07, 6.45) is 1.16. The predicted octanol–water partition coefficient (Wildman–Crippen LogP) is 1.62. The predicted molar refractivity (Wildman–Crippen MR) is 64.7 cm³/mol. The SMILES string of the molecule is C=CC1OC(c2ccc(OC)cc2)OC[C@@H]1N. The van der Waals surface area contributed by atoms with E-state index in [0.717, 1.165) is 11.3 Å². The number of ether oxygens (including phenoxy) is 3. The van der Waals surface area contributed by atoms with Crippen LogP contribution >= 0.6 is 0 Å². The maximum absolute atomic E-state index is 5.83. The van der Waals surface area contributed by atoms with Crippen LogP contribution in [0.2, 0.25) is 0 Å². The van der Waals surface area contributed by atoms with Crippen LogP contribution in [0.15, 0.2) is 36.9 Å². The molecular weight excluding hydrogens is 218 g/mol. The van der Waals surface area contributed by atoms with E-state index in [2.05, 4.69) is 6.58 Å². The van der Waals surface area contributed by atoms with E-state index in [1.54, 1.807) is 13.2 Å². The fraction of sp³-hybridized carbons (Fsp3) is 0.385. The first-order chi connectivity index (χ1) is 8.24. The van der Waals surface area contributed by atoms with Gasteiger partial charge in [-0.15, -0.1) is 6.58 Å². The number of rotatable bonds is 3. The van der Waals surface area contributed by atoms with E-state index in [0.29, 0.717) is 6.61 Å². The highest BCUT2D eigenvalue weighted by atomic mass is 16.7. The molecule has 0 bridgehead atoms. The highest BCUT2D eigenvalue weighted by Gasteiger charge is 2.28. The molecule has 1 saturated heterocycles. The number of hydrogen-bond acceptors (Lipinski definition) is 4. The molecule has 0 aliphatic carbocycles. The summed E-state index contributed by atoms with van der Waals surface area (Å²) in [5, 5.41) is 0. The van der Waals surface area contributed by atoms with Crippen molar-refractivity contribution in [1.29, 1.82) is 0 Å². The van der Waals surface area contributed by atoms with Gasteiger partial charge in [0.2, 0.25) is 0 Å². The largest absolute Gasteiger partial charge is 0.497 e. The Hall–Kier alpha value is -1.36. The number of nitrogens with two attached hydrogens (primary N) is 1. The Bertz CT molecular complexity index is 377. The van der Waals surface area contributed by atoms with Gasteiger partial charge in [0.05, 0.1) is 25.9 Å². The van der Waals surface area contributed by atoms with Gasteiger partial charge in [0.1, 0.15) is 5.75 Å². The molecule has 4 nitrogen and oxygen atoms in total. The number of hydrogen-bond donors (Lipinski definition) is 1. The maximum atomic E-state index is 5.83. The number of methoxy groups -OCH3 is 1. The van der Waals surface area contributed by atoms with Gasteiger partial charge in [-0.05, 0) is 12.1 Å². The summed E-state index contributed by atoms with van der Waals surface area (Å²) < 4.78 is 16.3. The minimum Gasteiger partial charge on any atom is -0.497 e. The van der Waals surface area contributed by atoms with Crippen LogP contribution in [0, 0.1) is 0 Å². The van der Waals surface area contributed by atoms with E-state index >= 15 is 0 Å². The summed E-state index contributed by atoms with van der Waals surface area (Å²) in [7, 11) is 1.63. The van der Waals surface area contributed by atoms with Gasteiger partial charge in [-0.3, -0.25) is 0 Å². The lowest BCUT2D eigenvalue weighted by molar-refractivity contribution is -0.212. The molecule has 0 radical (unpaired) electrons. The summed E-state index contributed by atoms with van der Waals surface area (Å²) in [5.74, 6) is 0.807. The molecule has 1 heterocycles. The first kappa shape index (κ1) is 12.1. The zero-order valence-corrected chi connectivity index (χ0v) is 9.84. The van der Waals surface area contributed by atoms with Crippen LogP contribution in [-0.2, 0) is 9.47 Å². The summed E-state index contributed by atoms with van der Waals surface area (Å²) in [5.41, 5.74) is 6.78. The molecular formula is C13H17NO3. The second-order valence-corrected chi connectivity index (χ2v) is 3.94. The van der Waals surface area contributed by atoms with Crippen LogP contribution in [0.1, 0.15) is 11.9 Å². The van der Waals surface area contributed by atoms with E-state index < -0.39 is 0 Å². The lowest BCUT2D eigenvalue weighted by Gasteiger charge is -2.33. The van der Waals surface area contributed by atoms with Crippen molar-refractivity contribution < 1.29 is 14.2 Å². The molecule has 0 spiro atoms. The smallest absolute Gasteiger partial charge is 0.184 e. The highest BCUT2D eigenvalue weighted by Crippen LogP contribution is 2.27. The van der Waals surface area contributed by atoms with E-state index in [9.17, 15) is 0 Å². The van der Waals surface area contributed by atoms with E-state index in [4.69, 9.17) is 19.9 Å². The Morgan fingerprint density at radius 3 is 2.71 bits per heavy atom. The summed E-state index contributed by atoms with van der Waals surface area (Å²) in [4.78, 5) is 0. The fourth-order valence-electron chi connectivity index (χ4n) is 1.74. The zero-order valence-electron chi connectivity index (χ0n) is 9.84. The molecule has 4 heteroatoms. The third-order valence-electron chi connectivity index (χ3n) is 2.76. The molecule has 0 saturated carbocycles. The minimum atomic E-state index is -0.385. The van der Waals surface area contributed by atoms with Crippen LogP contribution in [0.25, 0.3) is 0 Å². The number of benzene rings is 1. The molecule has 0 amide bonds. The Balaban J connectivity index is 2.09. The maximum Gasteiger partial charge on any atom is 0.184 e. The second-order valence-electron chi connectivity index (χ2n) is 3.94. The van der Waals surface area contributed by atoms with Crippen molar-refractivity contribution >= 4 is 0 Å². The van der Waals surface area contributed by atoms with Gasteiger partial charge in [-0.1, -0.05) is 18.2 Å². The standard InChI is InChI=1S/C13H17NO3/c1-3-12-11(14)8-16-13(17-12)9-4-6-10(15-2)7-5-9/h3-7,11-13H,1,8,14H2,2H3/t11-,12?,13?/m0/s1. The minimum absolute atomic E-state index is 0.151. The van der Waals surface area contributed by atoms with Crippen molar-refractivity contribution in [2.24, 2.45) is 5.73 Å². The third kappa shape index (κ3) is 2.66. The first-order valence-electron chi connectivity index (χ1n) is 5.53. The van der Waals surface area contributed by atoms with E-state index in [1.807, 2.05) is 24.3 Å². The molecule has 1 aromatic carbocycles. The molecule has 2 N–H and O–H groups in total. The third-order valence-corrected chi connectivity index (χ3v) is 2.76. The molecule has 92 valence electrons. The Labute approximate surface area is 101 Å². The highest BCUT2D eigenvalue weighted by molar-refractivity contribution is 5.28. The van der Waals surface area contributed by atoms with Gasteiger partial charge in [0.25, 0.3) is 0 Å². The average molecular weight is 235 g/mol. The summed E-state index contributed by atoms with van der Waals surface area (Å²) >= 11 is 0. The van der Waals surface area contributed by atoms with Crippen molar-refractivity contribution in [3.05, 3.63) is 42.5 Å². The molecule has 1 aliphatic heterocycles. The van der Waals surface area contributed by atoms with Crippen molar-refractivity contribution in [3.63, 3.8) is 0 Å². The van der Waals surface area contributed by atoms with Crippen LogP contribution in [-0.4, -0.2) is 25.9 Å². The van der Waals surface area contributed by atoms with Crippen LogP contribution in [0.4, 0.5) is 0 Å². The van der Waals surface area contributed by atoms with Crippen LogP contribution < -0.4 is 10.5 Å². The molecule has 2 unspecified atom stereocenters. The molecule has 0 aromatic heterocycles. The molecule has 1 fully saturated rings. The fourth-order valence-corrected chi connectivity index (χ4v) is 1.74. The molecule has 1 aliphatic rings. The second kappa shape index (κ2) is 5.31. The van der Waals surface area contributed by atoms with Gasteiger partial charge in [-0.2, -0.15) is 0 Å². The summed E-state index contributed by atoms with van der Waals surface area (Å²) in [6, 6.07) is 7.43. The topological polar surface area (TPSA) is 53.7 Å². The molecule has 17 heavy (non-hydrogen) atoms. The van der Waals surface area contributed by atoms with Gasteiger partial charge >= 0.3 is 0 Å². The normalized spacial score (nSPS) is 28.7. The van der Waals surface area contributed by atoms with Gasteiger partial charge in [0, 0.05) is 5.56 Å². The lowest BCUT2D eigenvalue weighted by Crippen LogP contribution is -2.45. The average Bonchev–Trinajstić information content (AvgIpc) is 2.39. The van der Waals surface area contributed by atoms with Crippen molar-refractivity contribution in [2.75, 3.05) is 13.7 Å². The Morgan fingerprint density at radius 2 is 2.12 bits per heavy atom. The molecule has 3 atom stereocenters. The monoisotopic (exact) mass is 235 g/mol. The quantitative estimate of drug-likeness (QED) is 0.809. The molecule has 2 rings (SSSR count). The van der Waals surface area contributed by atoms with Gasteiger partial charge < -0.3 is 19.9 Å². The van der Waals surface area contributed by atoms with Crippen LogP contribution in [0.3, 0.4) is 0 Å². The van der Waals surface area contributed by atoms with Crippen molar-refractivity contribution in [3.8, 4) is 5.75 Å². The molecule has 1 aromatic rings. The Kier molecular flexibility index (Phi) is 3.78. The first-order valence-corrected chi connectivity index (χ1v) is 5.53. The van der Waals surface area contributed by atoms with Crippen molar-refractivity contribution in [2.45, 2.75) is 18.4 Å². The lowest BCUT2D eigenvalue weighted by atomic mass is 10.1. The van der Waals surface area contributed by atoms with E-state index in [1.165, 1.54) is 0 Å². The summed E-state index contributed by atoms with van der Waals surface area (Å²) in [6.45, 7) is 4.18. The van der Waals surface area contributed by atoms with Gasteiger partial charge in [-0.25, -0.2) is 0 Å². The Morgan fingerprint density at radius 1 is 1.41 bits per heavy atom.